The fourth-order valence-electron chi connectivity index (χ4n) is 6.88. The lowest BCUT2D eigenvalue weighted by Gasteiger charge is -2.50. The molecule has 2 aliphatic rings. The Bertz CT molecular complexity index is 1020. The molecule has 184 valence electrons. The van der Waals surface area contributed by atoms with Gasteiger partial charge in [-0.1, -0.05) is 97.4 Å². The number of likely N-dealkylation sites (tertiary alicyclic amines) is 1. The Morgan fingerprint density at radius 2 is 1.34 bits per heavy atom. The van der Waals surface area contributed by atoms with Crippen LogP contribution in [-0.4, -0.2) is 30.6 Å². The molecule has 2 N–H and O–H groups in total. The molecule has 1 saturated carbocycles. The number of piperidine rings is 1. The van der Waals surface area contributed by atoms with Crippen molar-refractivity contribution >= 4 is 0 Å². The fourth-order valence-corrected chi connectivity index (χ4v) is 6.88. The monoisotopic (exact) mass is 468 g/mol. The summed E-state index contributed by atoms with van der Waals surface area (Å²) in [5.74, 6) is 1.04. The first kappa shape index (κ1) is 24.2. The minimum Gasteiger partial charge on any atom is -0.373 e. The maximum absolute atomic E-state index is 6.81. The molecule has 3 nitrogen and oxygen atoms in total. The van der Waals surface area contributed by atoms with Gasteiger partial charge in [-0.15, -0.1) is 0 Å². The first-order valence-electron chi connectivity index (χ1n) is 13.5. The molecule has 3 unspecified atom stereocenters. The Kier molecular flexibility index (Phi) is 7.98. The summed E-state index contributed by atoms with van der Waals surface area (Å²) in [4.78, 5) is 2.62. The van der Waals surface area contributed by atoms with E-state index < -0.39 is 0 Å². The van der Waals surface area contributed by atoms with Crippen LogP contribution in [0.3, 0.4) is 0 Å². The van der Waals surface area contributed by atoms with E-state index in [-0.39, 0.29) is 11.5 Å². The molecule has 3 atom stereocenters. The van der Waals surface area contributed by atoms with Gasteiger partial charge in [0.05, 0.1) is 12.7 Å². The molecule has 35 heavy (non-hydrogen) atoms. The van der Waals surface area contributed by atoms with Gasteiger partial charge in [0.25, 0.3) is 0 Å². The van der Waals surface area contributed by atoms with E-state index in [1.807, 2.05) is 0 Å². The van der Waals surface area contributed by atoms with Gasteiger partial charge in [-0.2, -0.15) is 0 Å². The van der Waals surface area contributed by atoms with Crippen LogP contribution in [0.2, 0.25) is 0 Å². The van der Waals surface area contributed by atoms with Crippen molar-refractivity contribution < 1.29 is 4.74 Å². The number of rotatable bonds is 9. The third-order valence-electron chi connectivity index (χ3n) is 8.64. The smallest absolute Gasteiger partial charge is 0.0720 e. The van der Waals surface area contributed by atoms with E-state index in [2.05, 4.69) is 95.9 Å². The Morgan fingerprint density at radius 3 is 1.97 bits per heavy atom. The second-order valence-electron chi connectivity index (χ2n) is 10.5. The van der Waals surface area contributed by atoms with Crippen LogP contribution in [0, 0.1) is 11.8 Å². The number of ether oxygens (including phenoxy) is 1. The number of benzene rings is 3. The first-order valence-corrected chi connectivity index (χ1v) is 13.5. The van der Waals surface area contributed by atoms with Gasteiger partial charge in [0.2, 0.25) is 0 Å². The van der Waals surface area contributed by atoms with Crippen LogP contribution >= 0.6 is 0 Å². The second-order valence-corrected chi connectivity index (χ2v) is 10.5. The standard InChI is InChI=1S/C32H40N2O/c33-25-32(28-15-8-3-9-16-28,29-19-21-34(22-20-29)23-26-11-4-1-5-12-26)30-17-10-18-31(30)35-24-27-13-6-2-7-14-27/h1-9,11-16,29-31H,10,17-25,33H2. The maximum atomic E-state index is 6.81. The topological polar surface area (TPSA) is 38.5 Å². The summed E-state index contributed by atoms with van der Waals surface area (Å²) in [6.45, 7) is 4.69. The number of nitrogens with zero attached hydrogens (tertiary/aromatic N) is 1. The van der Waals surface area contributed by atoms with Crippen molar-refractivity contribution in [3.05, 3.63) is 108 Å². The van der Waals surface area contributed by atoms with Crippen molar-refractivity contribution in [1.29, 1.82) is 0 Å². The predicted molar refractivity (Wildman–Crippen MR) is 144 cm³/mol. The lowest BCUT2D eigenvalue weighted by molar-refractivity contribution is -0.0292. The van der Waals surface area contributed by atoms with Gasteiger partial charge in [-0.3, -0.25) is 4.90 Å². The Labute approximate surface area is 211 Å². The second kappa shape index (κ2) is 11.5. The third-order valence-corrected chi connectivity index (χ3v) is 8.64. The summed E-state index contributed by atoms with van der Waals surface area (Å²) in [7, 11) is 0. The molecule has 5 rings (SSSR count). The summed E-state index contributed by atoms with van der Waals surface area (Å²) in [6, 6.07) is 32.7. The van der Waals surface area contributed by atoms with E-state index in [1.165, 1.54) is 42.4 Å². The summed E-state index contributed by atoms with van der Waals surface area (Å²) >= 11 is 0. The molecule has 0 bridgehead atoms. The van der Waals surface area contributed by atoms with Crippen molar-refractivity contribution in [2.45, 2.75) is 56.8 Å². The highest BCUT2D eigenvalue weighted by Crippen LogP contribution is 2.50. The molecule has 2 fully saturated rings. The average Bonchev–Trinajstić information content (AvgIpc) is 3.40. The van der Waals surface area contributed by atoms with Crippen molar-refractivity contribution in [3.63, 3.8) is 0 Å². The molecule has 3 aromatic carbocycles. The molecule has 0 spiro atoms. The van der Waals surface area contributed by atoms with Gasteiger partial charge in [0, 0.05) is 18.5 Å². The van der Waals surface area contributed by atoms with Crippen molar-refractivity contribution in [1.82, 2.24) is 4.90 Å². The number of hydrogen-bond acceptors (Lipinski definition) is 3. The largest absolute Gasteiger partial charge is 0.373 e. The molecule has 3 aromatic rings. The predicted octanol–water partition coefficient (Wildman–Crippen LogP) is 6.18. The highest BCUT2D eigenvalue weighted by molar-refractivity contribution is 5.30. The SMILES string of the molecule is NCC(c1ccccc1)(C1CCN(Cc2ccccc2)CC1)C1CCCC1OCc1ccccc1. The molecular formula is C32H40N2O. The van der Waals surface area contributed by atoms with E-state index in [0.29, 0.717) is 25.0 Å². The summed E-state index contributed by atoms with van der Waals surface area (Å²) in [6.07, 6.45) is 6.23. The minimum absolute atomic E-state index is 0.0298. The molecule has 0 aromatic heterocycles. The fraction of sp³-hybridized carbons (Fsp3) is 0.438. The van der Waals surface area contributed by atoms with Crippen LogP contribution in [-0.2, 0) is 23.3 Å². The molecule has 1 aliphatic carbocycles. The Hall–Kier alpha value is -2.46. The Morgan fingerprint density at radius 1 is 0.743 bits per heavy atom. The third kappa shape index (κ3) is 5.38. The lowest BCUT2D eigenvalue weighted by atomic mass is 9.58. The van der Waals surface area contributed by atoms with E-state index in [1.54, 1.807) is 0 Å². The maximum Gasteiger partial charge on any atom is 0.0720 e. The molecule has 1 heterocycles. The van der Waals surface area contributed by atoms with E-state index in [9.17, 15) is 0 Å². The van der Waals surface area contributed by atoms with Crippen LogP contribution < -0.4 is 5.73 Å². The van der Waals surface area contributed by atoms with Crippen LogP contribution in [0.15, 0.2) is 91.0 Å². The summed E-state index contributed by atoms with van der Waals surface area (Å²) < 4.78 is 6.66. The molecule has 1 saturated heterocycles. The van der Waals surface area contributed by atoms with Crippen molar-refractivity contribution in [2.75, 3.05) is 19.6 Å². The highest BCUT2D eigenvalue weighted by Gasteiger charge is 2.51. The number of nitrogens with two attached hydrogens (primary N) is 1. The van der Waals surface area contributed by atoms with Gasteiger partial charge in [0.1, 0.15) is 0 Å². The van der Waals surface area contributed by atoms with Crippen LogP contribution in [0.25, 0.3) is 0 Å². The van der Waals surface area contributed by atoms with Gasteiger partial charge in [0.15, 0.2) is 0 Å². The van der Waals surface area contributed by atoms with Crippen LogP contribution in [0.1, 0.15) is 48.8 Å². The molecule has 0 amide bonds. The van der Waals surface area contributed by atoms with Gasteiger partial charge in [-0.05, 0) is 67.3 Å². The lowest BCUT2D eigenvalue weighted by Crippen LogP contribution is -2.54. The van der Waals surface area contributed by atoms with Crippen LogP contribution in [0.5, 0.6) is 0 Å². The quantitative estimate of drug-likeness (QED) is 0.407. The zero-order valence-electron chi connectivity index (χ0n) is 20.9. The zero-order valence-corrected chi connectivity index (χ0v) is 20.9. The Balaban J connectivity index is 1.36. The summed E-state index contributed by atoms with van der Waals surface area (Å²) in [5, 5.41) is 0. The van der Waals surface area contributed by atoms with E-state index in [4.69, 9.17) is 10.5 Å². The first-order chi connectivity index (χ1) is 17.3. The van der Waals surface area contributed by atoms with Crippen molar-refractivity contribution in [3.8, 4) is 0 Å². The van der Waals surface area contributed by atoms with Gasteiger partial charge >= 0.3 is 0 Å². The highest BCUT2D eigenvalue weighted by atomic mass is 16.5. The molecule has 0 radical (unpaired) electrons. The molecular weight excluding hydrogens is 428 g/mol. The summed E-state index contributed by atoms with van der Waals surface area (Å²) in [5.41, 5.74) is 10.9. The molecule has 3 heteroatoms. The van der Waals surface area contributed by atoms with Gasteiger partial charge < -0.3 is 10.5 Å². The van der Waals surface area contributed by atoms with E-state index in [0.717, 1.165) is 26.1 Å². The van der Waals surface area contributed by atoms with Crippen LogP contribution in [0.4, 0.5) is 0 Å². The normalized spacial score (nSPS) is 23.2. The number of hydrogen-bond donors (Lipinski definition) is 1. The average molecular weight is 469 g/mol. The molecule has 1 aliphatic heterocycles. The van der Waals surface area contributed by atoms with Gasteiger partial charge in [-0.25, -0.2) is 0 Å². The zero-order chi connectivity index (χ0) is 23.9. The van der Waals surface area contributed by atoms with E-state index >= 15 is 0 Å². The minimum atomic E-state index is -0.0298. The van der Waals surface area contributed by atoms with Crippen molar-refractivity contribution in [2.24, 2.45) is 17.6 Å².